The van der Waals surface area contributed by atoms with Crippen LogP contribution in [0.3, 0.4) is 0 Å². The van der Waals surface area contributed by atoms with Gasteiger partial charge in [0.25, 0.3) is 0 Å². The van der Waals surface area contributed by atoms with Crippen LogP contribution < -0.4 is 11.1 Å². The summed E-state index contributed by atoms with van der Waals surface area (Å²) in [4.78, 5) is 0. The Balaban J connectivity index is 1.59. The maximum atomic E-state index is 5.72. The highest BCUT2D eigenvalue weighted by atomic mass is 16.4. The van der Waals surface area contributed by atoms with E-state index >= 15 is 0 Å². The number of nitrogens with two attached hydrogens (primary N) is 1. The van der Waals surface area contributed by atoms with Crippen molar-refractivity contribution in [3.8, 4) is 0 Å². The van der Waals surface area contributed by atoms with Crippen LogP contribution in [-0.2, 0) is 6.42 Å². The Morgan fingerprint density at radius 3 is 2.48 bits per heavy atom. The number of nitrogens with zero attached hydrogens (tertiary/aromatic N) is 2. The minimum Gasteiger partial charge on any atom is -0.408 e. The number of hydrogen-bond donors (Lipinski definition) is 2. The highest BCUT2D eigenvalue weighted by Gasteiger charge is 2.60. The zero-order valence-corrected chi connectivity index (χ0v) is 13.1. The Bertz CT molecular complexity index is 536. The maximum Gasteiger partial charge on any atom is 0.315 e. The molecule has 1 heterocycles. The first-order chi connectivity index (χ1) is 9.92. The molecule has 5 nitrogen and oxygen atoms in total. The summed E-state index contributed by atoms with van der Waals surface area (Å²) in [5.74, 6) is 1.50. The molecule has 0 aromatic carbocycles. The van der Waals surface area contributed by atoms with Crippen molar-refractivity contribution in [2.24, 2.45) is 22.5 Å². The van der Waals surface area contributed by atoms with E-state index < -0.39 is 0 Å². The number of rotatable bonds is 4. The summed E-state index contributed by atoms with van der Waals surface area (Å²) in [6.45, 7) is 5.49. The number of anilines is 1. The molecule has 5 rings (SSSR count). The highest BCUT2D eigenvalue weighted by molar-refractivity contribution is 5.30. The van der Waals surface area contributed by atoms with Crippen LogP contribution in [-0.4, -0.2) is 22.3 Å². The summed E-state index contributed by atoms with van der Waals surface area (Å²) in [6.07, 6.45) is 8.55. The third kappa shape index (κ3) is 2.26. The van der Waals surface area contributed by atoms with Gasteiger partial charge in [0, 0.05) is 18.5 Å². The minimum absolute atomic E-state index is 0.162. The molecule has 4 fully saturated rings. The fraction of sp³-hybridized carbons (Fsp3) is 0.875. The molecule has 116 valence electrons. The summed E-state index contributed by atoms with van der Waals surface area (Å²) in [5.41, 5.74) is 6.68. The zero-order chi connectivity index (χ0) is 14.7. The summed E-state index contributed by atoms with van der Waals surface area (Å²) in [5, 5.41) is 11.9. The van der Waals surface area contributed by atoms with Crippen LogP contribution in [0.1, 0.15) is 58.3 Å². The molecule has 4 bridgehead atoms. The lowest BCUT2D eigenvalue weighted by Crippen LogP contribution is -2.61. The molecule has 2 unspecified atom stereocenters. The Labute approximate surface area is 126 Å². The molecule has 1 aromatic rings. The average Bonchev–Trinajstić information content (AvgIpc) is 2.71. The van der Waals surface area contributed by atoms with Gasteiger partial charge in [-0.3, -0.25) is 0 Å². The van der Waals surface area contributed by atoms with Gasteiger partial charge in [-0.1, -0.05) is 18.9 Å². The van der Waals surface area contributed by atoms with Crippen molar-refractivity contribution < 1.29 is 4.42 Å². The second-order valence-corrected chi connectivity index (χ2v) is 8.58. The first-order valence-corrected chi connectivity index (χ1v) is 8.22. The van der Waals surface area contributed by atoms with Crippen molar-refractivity contribution in [2.75, 3.05) is 11.9 Å². The zero-order valence-electron chi connectivity index (χ0n) is 13.1. The van der Waals surface area contributed by atoms with Gasteiger partial charge in [-0.05, 0) is 55.3 Å². The Morgan fingerprint density at radius 2 is 1.86 bits per heavy atom. The second kappa shape index (κ2) is 4.22. The molecular weight excluding hydrogens is 264 g/mol. The SMILES string of the molecule is CC12CC3CC(C)(C1)CC(Nc1nnc(CCN)o1)(C3)C2. The monoisotopic (exact) mass is 290 g/mol. The van der Waals surface area contributed by atoms with E-state index in [1.54, 1.807) is 0 Å². The van der Waals surface area contributed by atoms with Crippen LogP contribution in [0.15, 0.2) is 4.42 Å². The topological polar surface area (TPSA) is 77.0 Å². The van der Waals surface area contributed by atoms with Crippen molar-refractivity contribution in [1.82, 2.24) is 10.2 Å². The van der Waals surface area contributed by atoms with Crippen LogP contribution in [0.5, 0.6) is 0 Å². The van der Waals surface area contributed by atoms with Crippen molar-refractivity contribution >= 4 is 6.01 Å². The Hall–Kier alpha value is -1.10. The highest BCUT2D eigenvalue weighted by Crippen LogP contribution is 2.66. The number of hydrogen-bond acceptors (Lipinski definition) is 5. The second-order valence-electron chi connectivity index (χ2n) is 8.58. The smallest absolute Gasteiger partial charge is 0.315 e. The van der Waals surface area contributed by atoms with Crippen LogP contribution in [0.25, 0.3) is 0 Å². The van der Waals surface area contributed by atoms with E-state index in [1.165, 1.54) is 38.5 Å². The molecule has 3 N–H and O–H groups in total. The van der Waals surface area contributed by atoms with Crippen molar-refractivity contribution in [1.29, 1.82) is 0 Å². The van der Waals surface area contributed by atoms with E-state index in [0.29, 0.717) is 35.7 Å². The number of nitrogens with one attached hydrogen (secondary N) is 1. The van der Waals surface area contributed by atoms with Gasteiger partial charge < -0.3 is 15.5 Å². The van der Waals surface area contributed by atoms with Crippen LogP contribution in [0.4, 0.5) is 6.01 Å². The van der Waals surface area contributed by atoms with Crippen molar-refractivity contribution in [3.63, 3.8) is 0 Å². The molecule has 0 radical (unpaired) electrons. The maximum absolute atomic E-state index is 5.72. The summed E-state index contributed by atoms with van der Waals surface area (Å²) in [7, 11) is 0. The summed E-state index contributed by atoms with van der Waals surface area (Å²) < 4.78 is 5.72. The molecule has 0 aliphatic heterocycles. The molecule has 21 heavy (non-hydrogen) atoms. The van der Waals surface area contributed by atoms with Crippen LogP contribution >= 0.6 is 0 Å². The van der Waals surface area contributed by atoms with Gasteiger partial charge in [0.2, 0.25) is 5.89 Å². The van der Waals surface area contributed by atoms with Gasteiger partial charge in [-0.25, -0.2) is 0 Å². The Morgan fingerprint density at radius 1 is 1.14 bits per heavy atom. The largest absolute Gasteiger partial charge is 0.408 e. The summed E-state index contributed by atoms with van der Waals surface area (Å²) in [6, 6.07) is 0.590. The normalized spacial score (nSPS) is 44.2. The van der Waals surface area contributed by atoms with Crippen molar-refractivity contribution in [3.05, 3.63) is 5.89 Å². The standard InChI is InChI=1S/C16H26N4O/c1-14-5-11-6-15(2,8-14)10-16(7-11,9-14)18-13-20-19-12(21-13)3-4-17/h11H,3-10,17H2,1-2H3,(H,18,20). The van der Waals surface area contributed by atoms with Gasteiger partial charge in [-0.2, -0.15) is 0 Å². The number of aromatic nitrogens is 2. The molecule has 5 heteroatoms. The molecule has 0 spiro atoms. The van der Waals surface area contributed by atoms with Gasteiger partial charge in [0.15, 0.2) is 0 Å². The molecule has 4 aliphatic rings. The Kier molecular flexibility index (Phi) is 2.72. The van der Waals surface area contributed by atoms with E-state index in [1.807, 2.05) is 0 Å². The third-order valence-electron chi connectivity index (χ3n) is 5.82. The fourth-order valence-corrected chi connectivity index (χ4v) is 6.34. The molecular formula is C16H26N4O. The predicted octanol–water partition coefficient (Wildman–Crippen LogP) is 2.73. The third-order valence-corrected chi connectivity index (χ3v) is 5.82. The van der Waals surface area contributed by atoms with Gasteiger partial charge >= 0.3 is 6.01 Å². The molecule has 1 aromatic heterocycles. The first-order valence-electron chi connectivity index (χ1n) is 8.22. The molecule has 4 saturated carbocycles. The molecule has 2 atom stereocenters. The predicted molar refractivity (Wildman–Crippen MR) is 80.8 cm³/mol. The lowest BCUT2D eigenvalue weighted by molar-refractivity contribution is -0.0978. The van der Waals surface area contributed by atoms with Crippen LogP contribution in [0.2, 0.25) is 0 Å². The molecule has 0 saturated heterocycles. The van der Waals surface area contributed by atoms with E-state index in [-0.39, 0.29) is 5.54 Å². The van der Waals surface area contributed by atoms with E-state index in [2.05, 4.69) is 29.4 Å². The molecule has 0 amide bonds. The first kappa shape index (κ1) is 13.6. The average molecular weight is 290 g/mol. The van der Waals surface area contributed by atoms with Crippen molar-refractivity contribution in [2.45, 2.75) is 64.3 Å². The van der Waals surface area contributed by atoms with E-state index in [0.717, 1.165) is 5.92 Å². The summed E-state index contributed by atoms with van der Waals surface area (Å²) >= 11 is 0. The van der Waals surface area contributed by atoms with Gasteiger partial charge in [0.05, 0.1) is 0 Å². The fourth-order valence-electron chi connectivity index (χ4n) is 6.34. The lowest BCUT2D eigenvalue weighted by Gasteiger charge is -2.65. The van der Waals surface area contributed by atoms with Crippen LogP contribution in [0, 0.1) is 16.7 Å². The van der Waals surface area contributed by atoms with E-state index in [9.17, 15) is 0 Å². The van der Waals surface area contributed by atoms with E-state index in [4.69, 9.17) is 10.2 Å². The lowest BCUT2D eigenvalue weighted by atomic mass is 9.43. The van der Waals surface area contributed by atoms with Gasteiger partial charge in [0.1, 0.15) is 0 Å². The van der Waals surface area contributed by atoms with Gasteiger partial charge in [-0.15, -0.1) is 5.10 Å². The minimum atomic E-state index is 0.162. The molecule has 4 aliphatic carbocycles. The quantitative estimate of drug-likeness (QED) is 0.891.